The molecule has 0 aromatic carbocycles. The average Bonchev–Trinajstić information content (AvgIpc) is 3.35. The summed E-state index contributed by atoms with van der Waals surface area (Å²) in [6.45, 7) is 5.28. The first-order chi connectivity index (χ1) is 12.7. The van der Waals surface area contributed by atoms with Gasteiger partial charge in [0.2, 0.25) is 0 Å². The molecule has 26 heavy (non-hydrogen) atoms. The van der Waals surface area contributed by atoms with Gasteiger partial charge in [-0.15, -0.1) is 0 Å². The maximum absolute atomic E-state index is 4.77. The van der Waals surface area contributed by atoms with Gasteiger partial charge in [0.25, 0.3) is 0 Å². The van der Waals surface area contributed by atoms with E-state index in [1.807, 2.05) is 29.3 Å². The van der Waals surface area contributed by atoms with Crippen LogP contribution in [0.3, 0.4) is 0 Å². The van der Waals surface area contributed by atoms with Crippen molar-refractivity contribution in [3.63, 3.8) is 0 Å². The van der Waals surface area contributed by atoms with Gasteiger partial charge in [-0.25, -0.2) is 4.68 Å². The monoisotopic (exact) mass is 347 g/mol. The Bertz CT molecular complexity index is 895. The minimum Gasteiger partial charge on any atom is -0.383 e. The lowest BCUT2D eigenvalue weighted by Crippen LogP contribution is -2.05. The minimum absolute atomic E-state index is 0.852. The molecule has 3 aromatic rings. The summed E-state index contributed by atoms with van der Waals surface area (Å²) in [5, 5.41) is 8.03. The standard InChI is InChI=1S/C21H25N5/c1-3-4-18-11-19(9-10-22-18)26-14-17(13-24-26)21-8-7-20(15(2)25-21)23-12-16-5-6-16/h7-11,13-14,16,23H,3-6,12H2,1-2H3. The van der Waals surface area contributed by atoms with Crippen LogP contribution >= 0.6 is 0 Å². The van der Waals surface area contributed by atoms with Crippen LogP contribution in [-0.2, 0) is 6.42 Å². The zero-order valence-corrected chi connectivity index (χ0v) is 15.4. The van der Waals surface area contributed by atoms with Crippen molar-refractivity contribution in [1.82, 2.24) is 19.7 Å². The molecular formula is C21H25N5. The van der Waals surface area contributed by atoms with Gasteiger partial charge in [-0.3, -0.25) is 9.97 Å². The van der Waals surface area contributed by atoms with E-state index in [0.29, 0.717) is 0 Å². The topological polar surface area (TPSA) is 55.6 Å². The quantitative estimate of drug-likeness (QED) is 0.688. The van der Waals surface area contributed by atoms with E-state index in [1.54, 1.807) is 0 Å². The van der Waals surface area contributed by atoms with E-state index in [-0.39, 0.29) is 0 Å². The Morgan fingerprint density at radius 2 is 2.12 bits per heavy atom. The van der Waals surface area contributed by atoms with E-state index in [1.165, 1.54) is 12.8 Å². The van der Waals surface area contributed by atoms with Crippen molar-refractivity contribution < 1.29 is 0 Å². The van der Waals surface area contributed by atoms with Crippen LogP contribution in [0, 0.1) is 12.8 Å². The summed E-state index contributed by atoms with van der Waals surface area (Å²) in [4.78, 5) is 9.18. The molecule has 0 amide bonds. The molecule has 1 N–H and O–H groups in total. The summed E-state index contributed by atoms with van der Waals surface area (Å²) in [7, 11) is 0. The van der Waals surface area contributed by atoms with Crippen molar-refractivity contribution in [3.8, 4) is 16.9 Å². The van der Waals surface area contributed by atoms with Crippen molar-refractivity contribution >= 4 is 5.69 Å². The number of nitrogens with zero attached hydrogens (tertiary/aromatic N) is 4. The Morgan fingerprint density at radius 3 is 2.88 bits per heavy atom. The number of hydrogen-bond donors (Lipinski definition) is 1. The number of pyridine rings is 2. The van der Waals surface area contributed by atoms with Crippen LogP contribution in [0.1, 0.15) is 37.6 Å². The van der Waals surface area contributed by atoms with Gasteiger partial charge >= 0.3 is 0 Å². The van der Waals surface area contributed by atoms with Gasteiger partial charge in [0.05, 0.1) is 29.0 Å². The second-order valence-corrected chi connectivity index (χ2v) is 7.08. The van der Waals surface area contributed by atoms with Crippen LogP contribution in [-0.4, -0.2) is 26.3 Å². The maximum Gasteiger partial charge on any atom is 0.0738 e. The Kier molecular flexibility index (Phi) is 4.69. The second kappa shape index (κ2) is 7.28. The molecule has 3 heterocycles. The summed E-state index contributed by atoms with van der Waals surface area (Å²) in [6.07, 6.45) is 10.5. The van der Waals surface area contributed by atoms with E-state index in [4.69, 9.17) is 4.98 Å². The fraction of sp³-hybridized carbons (Fsp3) is 0.381. The van der Waals surface area contributed by atoms with E-state index in [0.717, 1.165) is 59.3 Å². The molecule has 1 aliphatic rings. The highest BCUT2D eigenvalue weighted by Gasteiger charge is 2.20. The fourth-order valence-corrected chi connectivity index (χ4v) is 3.08. The third kappa shape index (κ3) is 3.77. The Hall–Kier alpha value is -2.69. The molecule has 1 fully saturated rings. The predicted molar refractivity (Wildman–Crippen MR) is 105 cm³/mol. The van der Waals surface area contributed by atoms with E-state index >= 15 is 0 Å². The van der Waals surface area contributed by atoms with Crippen molar-refractivity contribution in [2.75, 3.05) is 11.9 Å². The first-order valence-electron chi connectivity index (χ1n) is 9.45. The lowest BCUT2D eigenvalue weighted by Gasteiger charge is -2.09. The molecule has 1 saturated carbocycles. The molecule has 0 radical (unpaired) electrons. The van der Waals surface area contributed by atoms with E-state index < -0.39 is 0 Å². The molecule has 1 aliphatic carbocycles. The van der Waals surface area contributed by atoms with Gasteiger partial charge in [0, 0.05) is 30.2 Å². The summed E-state index contributed by atoms with van der Waals surface area (Å²) in [6, 6.07) is 8.28. The summed E-state index contributed by atoms with van der Waals surface area (Å²) < 4.78 is 1.90. The van der Waals surface area contributed by atoms with Gasteiger partial charge in [-0.1, -0.05) is 13.3 Å². The van der Waals surface area contributed by atoms with Crippen molar-refractivity contribution in [2.24, 2.45) is 5.92 Å². The Balaban J connectivity index is 1.53. The molecule has 0 saturated heterocycles. The molecule has 0 atom stereocenters. The number of hydrogen-bond acceptors (Lipinski definition) is 4. The molecule has 0 unspecified atom stereocenters. The molecule has 134 valence electrons. The van der Waals surface area contributed by atoms with Crippen LogP contribution in [0.2, 0.25) is 0 Å². The highest BCUT2D eigenvalue weighted by atomic mass is 15.3. The predicted octanol–water partition coefficient (Wildman–Crippen LogP) is 4.41. The number of rotatable bonds is 7. The molecule has 0 aliphatic heterocycles. The molecule has 3 aromatic heterocycles. The van der Waals surface area contributed by atoms with Crippen molar-refractivity contribution in [2.45, 2.75) is 39.5 Å². The second-order valence-electron chi connectivity index (χ2n) is 7.08. The van der Waals surface area contributed by atoms with Gasteiger partial charge in [-0.2, -0.15) is 5.10 Å². The van der Waals surface area contributed by atoms with Crippen LogP contribution in [0.4, 0.5) is 5.69 Å². The van der Waals surface area contributed by atoms with Crippen LogP contribution in [0.15, 0.2) is 42.9 Å². The number of nitrogens with one attached hydrogen (secondary N) is 1. The first kappa shape index (κ1) is 16.8. The van der Waals surface area contributed by atoms with Gasteiger partial charge in [0.15, 0.2) is 0 Å². The smallest absolute Gasteiger partial charge is 0.0738 e. The van der Waals surface area contributed by atoms with E-state index in [2.05, 4.69) is 47.4 Å². The van der Waals surface area contributed by atoms with Gasteiger partial charge in [0.1, 0.15) is 0 Å². The summed E-state index contributed by atoms with van der Waals surface area (Å²) >= 11 is 0. The highest BCUT2D eigenvalue weighted by Crippen LogP contribution is 2.29. The Morgan fingerprint density at radius 1 is 1.23 bits per heavy atom. The number of aromatic nitrogens is 4. The van der Waals surface area contributed by atoms with Crippen LogP contribution in [0.25, 0.3) is 16.9 Å². The number of aryl methyl sites for hydroxylation is 2. The van der Waals surface area contributed by atoms with Crippen molar-refractivity contribution in [3.05, 3.63) is 54.2 Å². The lowest BCUT2D eigenvalue weighted by atomic mass is 10.2. The van der Waals surface area contributed by atoms with Gasteiger partial charge in [-0.05, 0) is 56.4 Å². The molecule has 4 rings (SSSR count). The molecule has 5 heteroatoms. The molecule has 5 nitrogen and oxygen atoms in total. The molecular weight excluding hydrogens is 322 g/mol. The van der Waals surface area contributed by atoms with Crippen LogP contribution in [0.5, 0.6) is 0 Å². The molecule has 0 bridgehead atoms. The minimum atomic E-state index is 0.852. The zero-order chi connectivity index (χ0) is 17.9. The first-order valence-corrected chi connectivity index (χ1v) is 9.45. The van der Waals surface area contributed by atoms with Crippen molar-refractivity contribution in [1.29, 1.82) is 0 Å². The zero-order valence-electron chi connectivity index (χ0n) is 15.4. The lowest BCUT2D eigenvalue weighted by molar-refractivity contribution is 0.848. The number of anilines is 1. The van der Waals surface area contributed by atoms with Gasteiger partial charge < -0.3 is 5.32 Å². The maximum atomic E-state index is 4.77. The third-order valence-corrected chi connectivity index (χ3v) is 4.81. The van der Waals surface area contributed by atoms with E-state index in [9.17, 15) is 0 Å². The molecule has 0 spiro atoms. The normalized spacial score (nSPS) is 13.8. The largest absolute Gasteiger partial charge is 0.383 e. The Labute approximate surface area is 154 Å². The fourth-order valence-electron chi connectivity index (χ4n) is 3.08. The highest BCUT2D eigenvalue weighted by molar-refractivity contribution is 5.62. The third-order valence-electron chi connectivity index (χ3n) is 4.81. The van der Waals surface area contributed by atoms with Crippen LogP contribution < -0.4 is 5.32 Å². The SMILES string of the molecule is CCCc1cc(-n2cc(-c3ccc(NCC4CC4)c(C)n3)cn2)ccn1. The summed E-state index contributed by atoms with van der Waals surface area (Å²) in [5.41, 5.74) is 6.27. The summed E-state index contributed by atoms with van der Waals surface area (Å²) in [5.74, 6) is 0.852. The average molecular weight is 347 g/mol.